The Labute approximate surface area is 171 Å². The summed E-state index contributed by atoms with van der Waals surface area (Å²) in [6.07, 6.45) is 2.98. The molecular weight excluding hydrogens is 393 g/mol. The predicted molar refractivity (Wildman–Crippen MR) is 110 cm³/mol. The van der Waals surface area contributed by atoms with Gasteiger partial charge in [0.25, 0.3) is 0 Å². The maximum atomic E-state index is 10.9. The van der Waals surface area contributed by atoms with E-state index in [0.717, 1.165) is 24.3 Å². The average Bonchev–Trinajstić information content (AvgIpc) is 3.09. The molecule has 4 N–H and O–H groups in total. The van der Waals surface area contributed by atoms with Crippen LogP contribution in [0.15, 0.2) is 48.5 Å². The monoisotopic (exact) mass is 421 g/mol. The fraction of sp³-hybridized carbons (Fsp3) is 0.429. The van der Waals surface area contributed by atoms with Crippen LogP contribution >= 0.6 is 7.82 Å². The van der Waals surface area contributed by atoms with Crippen LogP contribution < -0.4 is 15.2 Å². The van der Waals surface area contributed by atoms with Crippen LogP contribution in [0.1, 0.15) is 36.3 Å². The van der Waals surface area contributed by atoms with Gasteiger partial charge >= 0.3 is 7.82 Å². The third-order valence-corrected chi connectivity index (χ3v) is 5.78. The van der Waals surface area contributed by atoms with Gasteiger partial charge in [0.05, 0.1) is 20.3 Å². The lowest BCUT2D eigenvalue weighted by Crippen LogP contribution is -2.41. The summed E-state index contributed by atoms with van der Waals surface area (Å²) in [5, 5.41) is 0. The van der Waals surface area contributed by atoms with Gasteiger partial charge in [-0.2, -0.15) is 0 Å². The van der Waals surface area contributed by atoms with Gasteiger partial charge in [-0.15, -0.1) is 0 Å². The molecule has 2 aromatic carbocycles. The highest BCUT2D eigenvalue weighted by molar-refractivity contribution is 7.46. The molecule has 0 aliphatic heterocycles. The summed E-state index contributed by atoms with van der Waals surface area (Å²) in [5.74, 6) is 1.82. The second-order valence-electron chi connectivity index (χ2n) is 7.59. The first-order chi connectivity index (χ1) is 13.8. The zero-order valence-electron chi connectivity index (χ0n) is 16.5. The standard InChI is InChI=1S/C21H28NO6P/c1-26-19-3-2-4-20(13-19)27-12-10-16-5-7-17(8-6-16)18-9-11-21(22,14-18)15-28-29(23,24)25/h2-8,13,18H,9-12,14-15,22H2,1H3,(H2,23,24,25)/t18-,21-/m1/s1. The van der Waals surface area contributed by atoms with E-state index in [1.807, 2.05) is 24.3 Å². The van der Waals surface area contributed by atoms with Gasteiger partial charge in [0, 0.05) is 18.0 Å². The van der Waals surface area contributed by atoms with E-state index in [9.17, 15) is 4.57 Å². The highest BCUT2D eigenvalue weighted by Crippen LogP contribution is 2.43. The van der Waals surface area contributed by atoms with Crippen molar-refractivity contribution in [2.24, 2.45) is 5.73 Å². The largest absolute Gasteiger partial charge is 0.497 e. The van der Waals surface area contributed by atoms with Crippen molar-refractivity contribution in [3.05, 3.63) is 59.7 Å². The van der Waals surface area contributed by atoms with Crippen molar-refractivity contribution in [3.8, 4) is 11.5 Å². The van der Waals surface area contributed by atoms with E-state index < -0.39 is 13.4 Å². The Hall–Kier alpha value is -1.89. The van der Waals surface area contributed by atoms with Crippen LogP contribution in [0.5, 0.6) is 11.5 Å². The molecule has 0 heterocycles. The number of hydrogen-bond donors (Lipinski definition) is 3. The Morgan fingerprint density at radius 3 is 2.59 bits per heavy atom. The number of methoxy groups -OCH3 is 1. The van der Waals surface area contributed by atoms with Crippen LogP contribution in [-0.2, 0) is 15.5 Å². The third-order valence-electron chi connectivity index (χ3n) is 5.32. The fourth-order valence-electron chi connectivity index (χ4n) is 3.72. The van der Waals surface area contributed by atoms with Gasteiger partial charge in [0.1, 0.15) is 11.5 Å². The molecule has 2 atom stereocenters. The normalized spacial score (nSPS) is 21.9. The number of nitrogens with two attached hydrogens (primary N) is 1. The number of phosphoric acid groups is 1. The van der Waals surface area contributed by atoms with Crippen molar-refractivity contribution in [1.29, 1.82) is 0 Å². The molecule has 1 fully saturated rings. The number of hydrogen-bond acceptors (Lipinski definition) is 5. The Morgan fingerprint density at radius 1 is 1.17 bits per heavy atom. The van der Waals surface area contributed by atoms with E-state index in [-0.39, 0.29) is 12.5 Å². The van der Waals surface area contributed by atoms with Crippen molar-refractivity contribution in [2.45, 2.75) is 37.1 Å². The Balaban J connectivity index is 1.49. The first kappa shape index (κ1) is 21.8. The van der Waals surface area contributed by atoms with E-state index in [4.69, 9.17) is 25.0 Å². The minimum atomic E-state index is -4.50. The fourth-order valence-corrected chi connectivity index (χ4v) is 4.14. The van der Waals surface area contributed by atoms with Crippen molar-refractivity contribution >= 4 is 7.82 Å². The molecule has 0 amide bonds. The second-order valence-corrected chi connectivity index (χ2v) is 8.82. The summed E-state index contributed by atoms with van der Waals surface area (Å²) < 4.78 is 26.5. The summed E-state index contributed by atoms with van der Waals surface area (Å²) in [4.78, 5) is 17.8. The second kappa shape index (κ2) is 9.28. The van der Waals surface area contributed by atoms with Gasteiger partial charge in [-0.1, -0.05) is 30.3 Å². The topological polar surface area (TPSA) is 111 Å². The van der Waals surface area contributed by atoms with Gasteiger partial charge in [0.2, 0.25) is 0 Å². The molecule has 0 saturated heterocycles. The molecule has 1 aliphatic rings. The molecule has 0 unspecified atom stereocenters. The van der Waals surface area contributed by atoms with Gasteiger partial charge < -0.3 is 25.0 Å². The number of rotatable bonds is 9. The number of phosphoric ester groups is 1. The summed E-state index contributed by atoms with van der Waals surface area (Å²) in [6, 6.07) is 15.9. The van der Waals surface area contributed by atoms with Crippen LogP contribution in [0, 0.1) is 0 Å². The zero-order valence-corrected chi connectivity index (χ0v) is 17.4. The lowest BCUT2D eigenvalue weighted by atomic mass is 9.93. The number of ether oxygens (including phenoxy) is 2. The zero-order chi connectivity index (χ0) is 20.9. The highest BCUT2D eigenvalue weighted by Gasteiger charge is 2.38. The van der Waals surface area contributed by atoms with E-state index in [0.29, 0.717) is 19.4 Å². The van der Waals surface area contributed by atoms with E-state index in [1.54, 1.807) is 7.11 Å². The molecule has 0 aromatic heterocycles. The van der Waals surface area contributed by atoms with Gasteiger partial charge in [-0.25, -0.2) is 4.57 Å². The molecule has 8 heteroatoms. The van der Waals surface area contributed by atoms with Crippen molar-refractivity contribution in [1.82, 2.24) is 0 Å². The van der Waals surface area contributed by atoms with Crippen LogP contribution in [0.3, 0.4) is 0 Å². The van der Waals surface area contributed by atoms with Crippen LogP contribution in [0.4, 0.5) is 0 Å². The molecule has 1 saturated carbocycles. The van der Waals surface area contributed by atoms with Crippen LogP contribution in [0.2, 0.25) is 0 Å². The molecule has 7 nitrogen and oxygen atoms in total. The Kier molecular flexibility index (Phi) is 6.98. The predicted octanol–water partition coefficient (Wildman–Crippen LogP) is 3.39. The van der Waals surface area contributed by atoms with Gasteiger partial charge in [-0.3, -0.25) is 4.52 Å². The average molecular weight is 421 g/mol. The molecule has 158 valence electrons. The van der Waals surface area contributed by atoms with Crippen molar-refractivity contribution in [3.63, 3.8) is 0 Å². The molecular formula is C21H28NO6P. The molecule has 0 spiro atoms. The molecule has 0 bridgehead atoms. The summed E-state index contributed by atoms with van der Waals surface area (Å²) in [5.41, 5.74) is 7.94. The molecule has 2 aromatic rings. The van der Waals surface area contributed by atoms with Crippen LogP contribution in [0.25, 0.3) is 0 Å². The quantitative estimate of drug-likeness (QED) is 0.532. The SMILES string of the molecule is COc1cccc(OCCc2ccc([C@@H]3CC[C@](N)(COP(=O)(O)O)C3)cc2)c1. The number of benzene rings is 2. The molecule has 3 rings (SSSR count). The summed E-state index contributed by atoms with van der Waals surface area (Å²) >= 11 is 0. The highest BCUT2D eigenvalue weighted by atomic mass is 31.2. The molecule has 29 heavy (non-hydrogen) atoms. The minimum Gasteiger partial charge on any atom is -0.497 e. The van der Waals surface area contributed by atoms with Crippen LogP contribution in [-0.4, -0.2) is 35.6 Å². The molecule has 1 aliphatic carbocycles. The Morgan fingerprint density at radius 2 is 1.90 bits per heavy atom. The summed E-state index contributed by atoms with van der Waals surface area (Å²) in [6.45, 7) is 0.440. The summed E-state index contributed by atoms with van der Waals surface area (Å²) in [7, 11) is -2.87. The Bertz CT molecular complexity index is 853. The first-order valence-electron chi connectivity index (χ1n) is 9.61. The van der Waals surface area contributed by atoms with E-state index in [2.05, 4.69) is 28.8 Å². The lowest BCUT2D eigenvalue weighted by molar-refractivity contribution is 0.153. The van der Waals surface area contributed by atoms with Crippen molar-refractivity contribution in [2.75, 3.05) is 20.3 Å². The van der Waals surface area contributed by atoms with Gasteiger partial charge in [-0.05, 0) is 48.4 Å². The van der Waals surface area contributed by atoms with Gasteiger partial charge in [0.15, 0.2) is 0 Å². The first-order valence-corrected chi connectivity index (χ1v) is 11.1. The smallest absolute Gasteiger partial charge is 0.469 e. The maximum absolute atomic E-state index is 10.9. The minimum absolute atomic E-state index is 0.131. The van der Waals surface area contributed by atoms with E-state index >= 15 is 0 Å². The van der Waals surface area contributed by atoms with E-state index in [1.165, 1.54) is 11.1 Å². The third kappa shape index (κ3) is 6.56. The molecule has 0 radical (unpaired) electrons. The lowest BCUT2D eigenvalue weighted by Gasteiger charge is -2.24. The maximum Gasteiger partial charge on any atom is 0.469 e. The van der Waals surface area contributed by atoms with Crippen molar-refractivity contribution < 1.29 is 28.3 Å².